The fourth-order valence-electron chi connectivity index (χ4n) is 1.71. The topological polar surface area (TPSA) is 78.0 Å². The molecule has 18 heavy (non-hydrogen) atoms. The van der Waals surface area contributed by atoms with Gasteiger partial charge >= 0.3 is 0 Å². The molecule has 0 aliphatic heterocycles. The number of hydrogen-bond acceptors (Lipinski definition) is 4. The summed E-state index contributed by atoms with van der Waals surface area (Å²) >= 11 is 0. The molecule has 6 heteroatoms. The van der Waals surface area contributed by atoms with Gasteiger partial charge in [-0.3, -0.25) is 4.68 Å². The van der Waals surface area contributed by atoms with Crippen molar-refractivity contribution in [3.63, 3.8) is 0 Å². The van der Waals surface area contributed by atoms with Crippen molar-refractivity contribution in [3.8, 4) is 11.3 Å². The summed E-state index contributed by atoms with van der Waals surface area (Å²) < 4.78 is 24.4. The number of aryl methyl sites for hydroxylation is 1. The average Bonchev–Trinajstić information content (AvgIpc) is 2.69. The number of aromatic nitrogens is 2. The molecule has 1 aromatic carbocycles. The van der Waals surface area contributed by atoms with Crippen LogP contribution in [0.5, 0.6) is 0 Å². The molecule has 2 aromatic rings. The van der Waals surface area contributed by atoms with Gasteiger partial charge in [-0.1, -0.05) is 12.1 Å². The summed E-state index contributed by atoms with van der Waals surface area (Å²) in [5.41, 5.74) is 8.17. The highest BCUT2D eigenvalue weighted by atomic mass is 32.2. The van der Waals surface area contributed by atoms with Crippen LogP contribution in [0.15, 0.2) is 35.2 Å². The van der Waals surface area contributed by atoms with Gasteiger partial charge in [-0.25, -0.2) is 8.42 Å². The summed E-state index contributed by atoms with van der Waals surface area (Å²) in [5.74, 6) is 0. The molecule has 0 unspecified atom stereocenters. The summed E-state index contributed by atoms with van der Waals surface area (Å²) in [6.45, 7) is 0.422. The Hall–Kier alpha value is -1.66. The number of benzene rings is 1. The summed E-state index contributed by atoms with van der Waals surface area (Å²) in [6.07, 6.45) is 1.19. The molecule has 0 bridgehead atoms. The Morgan fingerprint density at radius 2 is 1.89 bits per heavy atom. The molecule has 1 heterocycles. The summed E-state index contributed by atoms with van der Waals surface area (Å²) in [5, 5.41) is 4.33. The molecule has 0 saturated heterocycles. The molecule has 0 atom stereocenters. The summed E-state index contributed by atoms with van der Waals surface area (Å²) in [7, 11) is -1.33. The lowest BCUT2D eigenvalue weighted by Crippen LogP contribution is -2.03. The van der Waals surface area contributed by atoms with Crippen LogP contribution in [0.1, 0.15) is 5.69 Å². The minimum absolute atomic E-state index is 0.307. The predicted octanol–water partition coefficient (Wildman–Crippen LogP) is 0.949. The lowest BCUT2D eigenvalue weighted by atomic mass is 10.1. The molecule has 1 aromatic heterocycles. The molecule has 2 rings (SSSR count). The van der Waals surface area contributed by atoms with Crippen LogP contribution in [0, 0.1) is 0 Å². The van der Waals surface area contributed by atoms with E-state index in [1.54, 1.807) is 28.9 Å². The largest absolute Gasteiger partial charge is 0.325 e. The van der Waals surface area contributed by atoms with Gasteiger partial charge in [0.15, 0.2) is 9.84 Å². The molecular formula is C12H15N3O2S. The van der Waals surface area contributed by atoms with E-state index in [0.717, 1.165) is 17.0 Å². The van der Waals surface area contributed by atoms with Gasteiger partial charge in [0, 0.05) is 25.4 Å². The van der Waals surface area contributed by atoms with Gasteiger partial charge in [0.2, 0.25) is 0 Å². The van der Waals surface area contributed by atoms with Crippen molar-refractivity contribution in [1.82, 2.24) is 9.78 Å². The first-order valence-electron chi connectivity index (χ1n) is 5.45. The van der Waals surface area contributed by atoms with Gasteiger partial charge in [-0.2, -0.15) is 5.10 Å². The van der Waals surface area contributed by atoms with Crippen molar-refractivity contribution < 1.29 is 8.42 Å². The third kappa shape index (κ3) is 2.44. The Morgan fingerprint density at radius 1 is 1.28 bits per heavy atom. The van der Waals surface area contributed by atoms with Crippen LogP contribution in [-0.4, -0.2) is 24.5 Å². The van der Waals surface area contributed by atoms with E-state index in [4.69, 9.17) is 5.73 Å². The SMILES string of the molecule is Cn1nc(-c2ccc(S(C)(=O)=O)cc2)cc1CN. The zero-order valence-corrected chi connectivity index (χ0v) is 11.1. The van der Waals surface area contributed by atoms with Crippen molar-refractivity contribution in [1.29, 1.82) is 0 Å². The third-order valence-electron chi connectivity index (χ3n) is 2.76. The van der Waals surface area contributed by atoms with E-state index in [1.807, 2.05) is 13.1 Å². The zero-order valence-electron chi connectivity index (χ0n) is 10.3. The van der Waals surface area contributed by atoms with Crippen molar-refractivity contribution in [2.24, 2.45) is 12.8 Å². The van der Waals surface area contributed by atoms with Gasteiger partial charge < -0.3 is 5.73 Å². The molecule has 0 fully saturated rings. The van der Waals surface area contributed by atoms with Crippen molar-refractivity contribution >= 4 is 9.84 Å². The van der Waals surface area contributed by atoms with E-state index in [1.165, 1.54) is 6.26 Å². The van der Waals surface area contributed by atoms with Crippen LogP contribution in [0.4, 0.5) is 0 Å². The molecule has 5 nitrogen and oxygen atoms in total. The van der Waals surface area contributed by atoms with E-state index in [0.29, 0.717) is 11.4 Å². The minimum Gasteiger partial charge on any atom is -0.325 e. The number of sulfone groups is 1. The molecule has 0 amide bonds. The maximum atomic E-state index is 11.3. The second-order valence-electron chi connectivity index (χ2n) is 4.15. The van der Waals surface area contributed by atoms with Gasteiger partial charge in [0.1, 0.15) is 0 Å². The van der Waals surface area contributed by atoms with Crippen LogP contribution in [0.3, 0.4) is 0 Å². The molecule has 96 valence electrons. The molecule has 0 radical (unpaired) electrons. The number of nitrogens with zero attached hydrogens (tertiary/aromatic N) is 2. The van der Waals surface area contributed by atoms with Crippen LogP contribution >= 0.6 is 0 Å². The molecule has 0 aliphatic rings. The first-order valence-corrected chi connectivity index (χ1v) is 7.34. The Kier molecular flexibility index (Phi) is 3.23. The van der Waals surface area contributed by atoms with Crippen LogP contribution < -0.4 is 5.73 Å². The van der Waals surface area contributed by atoms with Gasteiger partial charge in [-0.05, 0) is 18.2 Å². The van der Waals surface area contributed by atoms with Crippen LogP contribution in [0.25, 0.3) is 11.3 Å². The number of rotatable bonds is 3. The van der Waals surface area contributed by atoms with E-state index < -0.39 is 9.84 Å². The fraction of sp³-hybridized carbons (Fsp3) is 0.250. The Balaban J connectivity index is 2.40. The average molecular weight is 265 g/mol. The van der Waals surface area contributed by atoms with Crippen molar-refractivity contribution in [3.05, 3.63) is 36.0 Å². The maximum Gasteiger partial charge on any atom is 0.175 e. The standard InChI is InChI=1S/C12H15N3O2S/c1-15-10(8-13)7-12(14-15)9-3-5-11(6-4-9)18(2,16)17/h3-7H,8,13H2,1-2H3. The lowest BCUT2D eigenvalue weighted by molar-refractivity contribution is 0.602. The van der Waals surface area contributed by atoms with Gasteiger partial charge in [0.25, 0.3) is 0 Å². The fourth-order valence-corrected chi connectivity index (χ4v) is 2.34. The van der Waals surface area contributed by atoms with Crippen LogP contribution in [0.2, 0.25) is 0 Å². The smallest absolute Gasteiger partial charge is 0.175 e. The molecule has 0 spiro atoms. The highest BCUT2D eigenvalue weighted by molar-refractivity contribution is 7.90. The molecule has 0 aliphatic carbocycles. The quantitative estimate of drug-likeness (QED) is 0.896. The summed E-state index contributed by atoms with van der Waals surface area (Å²) in [6, 6.07) is 8.57. The maximum absolute atomic E-state index is 11.3. The first kappa shape index (κ1) is 12.8. The van der Waals surface area contributed by atoms with Crippen LogP contribution in [-0.2, 0) is 23.4 Å². The lowest BCUT2D eigenvalue weighted by Gasteiger charge is -1.99. The number of hydrogen-bond donors (Lipinski definition) is 1. The molecule has 0 saturated carbocycles. The first-order chi connectivity index (χ1) is 8.41. The third-order valence-corrected chi connectivity index (χ3v) is 3.89. The Morgan fingerprint density at radius 3 is 2.33 bits per heavy atom. The normalized spacial score (nSPS) is 11.7. The molecular weight excluding hydrogens is 250 g/mol. The van der Waals surface area contributed by atoms with E-state index in [-0.39, 0.29) is 0 Å². The zero-order chi connectivity index (χ0) is 13.3. The van der Waals surface area contributed by atoms with E-state index in [2.05, 4.69) is 5.10 Å². The van der Waals surface area contributed by atoms with Crippen molar-refractivity contribution in [2.75, 3.05) is 6.26 Å². The monoisotopic (exact) mass is 265 g/mol. The highest BCUT2D eigenvalue weighted by Crippen LogP contribution is 2.20. The Labute approximate surface area is 106 Å². The predicted molar refractivity (Wildman–Crippen MR) is 69.6 cm³/mol. The van der Waals surface area contributed by atoms with Gasteiger partial charge in [-0.15, -0.1) is 0 Å². The van der Waals surface area contributed by atoms with Crippen molar-refractivity contribution in [2.45, 2.75) is 11.4 Å². The highest BCUT2D eigenvalue weighted by Gasteiger charge is 2.09. The second-order valence-corrected chi connectivity index (χ2v) is 6.16. The summed E-state index contributed by atoms with van der Waals surface area (Å²) in [4.78, 5) is 0.307. The van der Waals surface area contributed by atoms with Gasteiger partial charge in [0.05, 0.1) is 16.3 Å². The van der Waals surface area contributed by atoms with E-state index in [9.17, 15) is 8.42 Å². The molecule has 2 N–H and O–H groups in total. The van der Waals surface area contributed by atoms with E-state index >= 15 is 0 Å². The minimum atomic E-state index is -3.16. The number of nitrogens with two attached hydrogens (primary N) is 1. The Bertz CT molecular complexity index is 657. The second kappa shape index (κ2) is 4.55.